The van der Waals surface area contributed by atoms with Crippen molar-refractivity contribution in [1.82, 2.24) is 3.05 Å². The Morgan fingerprint density at radius 1 is 0.737 bits per heavy atom. The molecule has 0 saturated carbocycles. The van der Waals surface area contributed by atoms with Gasteiger partial charge in [-0.1, -0.05) is 0 Å². The van der Waals surface area contributed by atoms with Crippen molar-refractivity contribution in [1.29, 1.82) is 0 Å². The van der Waals surface area contributed by atoms with Crippen molar-refractivity contribution in [2.75, 3.05) is 19.8 Å². The summed E-state index contributed by atoms with van der Waals surface area (Å²) in [5.41, 5.74) is 4.99. The van der Waals surface area contributed by atoms with E-state index < -0.39 is 18.0 Å². The van der Waals surface area contributed by atoms with Crippen LogP contribution in [-0.2, 0) is 28.0 Å². The topological polar surface area (TPSA) is 32.6 Å². The maximum absolute atomic E-state index is 6.03. The van der Waals surface area contributed by atoms with E-state index in [2.05, 4.69) is 30.7 Å². The van der Waals surface area contributed by atoms with Crippen LogP contribution in [0.15, 0.2) is 0 Å². The molecule has 0 aliphatic heterocycles. The summed E-state index contributed by atoms with van der Waals surface area (Å²) < 4.78 is 20.3. The monoisotopic (exact) mass is 305 g/mol. The van der Waals surface area contributed by atoms with Crippen molar-refractivity contribution in [3.63, 3.8) is 0 Å². The third-order valence-corrected chi connectivity index (χ3v) is 8.54. The summed E-state index contributed by atoms with van der Waals surface area (Å²) in [6.07, 6.45) is 0. The Morgan fingerprint density at radius 3 is 1.32 bits per heavy atom. The molecule has 0 fully saturated rings. The molecule has 0 aromatic carbocycles. The number of hydrogen-bond donors (Lipinski definition) is 0. The standard InChI is InChI=1S/C8H12N.3C2H5O.Ti/c1-5-6(2)8(4)9-7(5)3;3*1-2-3;/h1-4H3;3*2H2,1H3;/q4*-1;+4. The van der Waals surface area contributed by atoms with Crippen LogP contribution in [0.25, 0.3) is 0 Å². The minimum absolute atomic E-state index is 0.606. The Balaban J connectivity index is 3.42. The zero-order valence-corrected chi connectivity index (χ0v) is 14.9. The quantitative estimate of drug-likeness (QED) is 0.723. The van der Waals surface area contributed by atoms with Gasteiger partial charge in [-0.3, -0.25) is 0 Å². The number of rotatable bonds is 7. The normalized spacial score (nSPS) is 12.2. The molecular formula is C14H27NO3Ti. The predicted molar refractivity (Wildman–Crippen MR) is 73.7 cm³/mol. The van der Waals surface area contributed by atoms with Crippen LogP contribution in [0.4, 0.5) is 0 Å². The van der Waals surface area contributed by atoms with Crippen molar-refractivity contribution in [3.05, 3.63) is 22.5 Å². The Bertz CT molecular complexity index is 386. The van der Waals surface area contributed by atoms with Gasteiger partial charge in [-0.15, -0.1) is 0 Å². The van der Waals surface area contributed by atoms with E-state index in [1.807, 2.05) is 20.8 Å². The van der Waals surface area contributed by atoms with E-state index in [0.717, 1.165) is 0 Å². The molecule has 1 heterocycles. The molecule has 0 bridgehead atoms. The van der Waals surface area contributed by atoms with Crippen LogP contribution in [0, 0.1) is 27.7 Å². The molecule has 110 valence electrons. The first-order chi connectivity index (χ1) is 8.95. The molecule has 0 spiro atoms. The molecule has 0 radical (unpaired) electrons. The van der Waals surface area contributed by atoms with Gasteiger partial charge in [-0.2, -0.15) is 0 Å². The molecule has 1 rings (SSSR count). The van der Waals surface area contributed by atoms with Gasteiger partial charge < -0.3 is 0 Å². The molecule has 0 amide bonds. The summed E-state index contributed by atoms with van der Waals surface area (Å²) >= 11 is -3.45. The van der Waals surface area contributed by atoms with Crippen LogP contribution in [0.5, 0.6) is 0 Å². The van der Waals surface area contributed by atoms with E-state index in [0.29, 0.717) is 19.8 Å². The van der Waals surface area contributed by atoms with Gasteiger partial charge in [-0.05, 0) is 0 Å². The SMILES string of the molecule is CC[O][Ti]([O]CC)([O]CC)[n]1c(C)c(C)c(C)c1C. The summed E-state index contributed by atoms with van der Waals surface area (Å²) in [5, 5.41) is 0. The van der Waals surface area contributed by atoms with Crippen LogP contribution in [0.2, 0.25) is 0 Å². The van der Waals surface area contributed by atoms with Gasteiger partial charge in [0.15, 0.2) is 0 Å². The third kappa shape index (κ3) is 3.14. The molecule has 1 aromatic rings. The first-order valence-corrected chi connectivity index (χ1v) is 9.63. The van der Waals surface area contributed by atoms with E-state index in [9.17, 15) is 0 Å². The van der Waals surface area contributed by atoms with E-state index in [4.69, 9.17) is 9.96 Å². The van der Waals surface area contributed by atoms with Crippen molar-refractivity contribution in [2.24, 2.45) is 0 Å². The first kappa shape index (κ1) is 16.9. The summed E-state index contributed by atoms with van der Waals surface area (Å²) in [6.45, 7) is 16.3. The Hall–Kier alpha value is -0.126. The van der Waals surface area contributed by atoms with E-state index >= 15 is 0 Å². The number of nitrogens with zero attached hydrogens (tertiary/aromatic N) is 1. The molecule has 19 heavy (non-hydrogen) atoms. The fourth-order valence-electron chi connectivity index (χ4n) is 2.41. The van der Waals surface area contributed by atoms with Gasteiger partial charge in [0.1, 0.15) is 0 Å². The van der Waals surface area contributed by atoms with Crippen LogP contribution >= 0.6 is 0 Å². The zero-order chi connectivity index (χ0) is 14.6. The van der Waals surface area contributed by atoms with Crippen LogP contribution < -0.4 is 0 Å². The molecular weight excluding hydrogens is 278 g/mol. The Kier molecular flexibility index (Phi) is 6.28. The zero-order valence-electron chi connectivity index (χ0n) is 13.3. The average Bonchev–Trinajstić information content (AvgIpc) is 2.55. The molecule has 0 saturated heterocycles. The second-order valence-corrected chi connectivity index (χ2v) is 8.27. The minimum atomic E-state index is -3.45. The maximum atomic E-state index is 6.03. The van der Waals surface area contributed by atoms with Gasteiger partial charge in [0.25, 0.3) is 0 Å². The molecule has 0 unspecified atom stereocenters. The van der Waals surface area contributed by atoms with Gasteiger partial charge in [-0.25, -0.2) is 0 Å². The Labute approximate surface area is 122 Å². The predicted octanol–water partition coefficient (Wildman–Crippen LogP) is 3.49. The molecule has 0 atom stereocenters. The molecule has 4 nitrogen and oxygen atoms in total. The molecule has 1 aromatic heterocycles. The fourth-order valence-corrected chi connectivity index (χ4v) is 6.92. The van der Waals surface area contributed by atoms with E-state index in [-0.39, 0.29) is 0 Å². The van der Waals surface area contributed by atoms with Gasteiger partial charge in [0.2, 0.25) is 0 Å². The van der Waals surface area contributed by atoms with Crippen molar-refractivity contribution < 1.29 is 28.0 Å². The average molecular weight is 305 g/mol. The fraction of sp³-hybridized carbons (Fsp3) is 0.714. The molecule has 0 N–H and O–H groups in total. The summed E-state index contributed by atoms with van der Waals surface area (Å²) in [5.74, 6) is 0. The van der Waals surface area contributed by atoms with Crippen molar-refractivity contribution in [3.8, 4) is 0 Å². The van der Waals surface area contributed by atoms with Crippen LogP contribution in [0.1, 0.15) is 43.3 Å². The Morgan fingerprint density at radius 2 is 1.05 bits per heavy atom. The second kappa shape index (κ2) is 7.05. The van der Waals surface area contributed by atoms with Crippen LogP contribution in [0.3, 0.4) is 0 Å². The molecule has 5 heteroatoms. The summed E-state index contributed by atoms with van der Waals surface area (Å²) in [6, 6.07) is 0. The van der Waals surface area contributed by atoms with Gasteiger partial charge in [0, 0.05) is 0 Å². The van der Waals surface area contributed by atoms with Crippen LogP contribution in [-0.4, -0.2) is 22.9 Å². The van der Waals surface area contributed by atoms with Gasteiger partial charge >= 0.3 is 122 Å². The van der Waals surface area contributed by atoms with E-state index in [1.54, 1.807) is 0 Å². The van der Waals surface area contributed by atoms with E-state index in [1.165, 1.54) is 22.5 Å². The second-order valence-electron chi connectivity index (χ2n) is 4.58. The molecule has 0 aliphatic rings. The first-order valence-electron chi connectivity index (χ1n) is 7.02. The molecule has 0 aliphatic carbocycles. The van der Waals surface area contributed by atoms with Gasteiger partial charge in [0.05, 0.1) is 0 Å². The number of aromatic nitrogens is 1. The third-order valence-electron chi connectivity index (χ3n) is 3.57. The van der Waals surface area contributed by atoms with Crippen molar-refractivity contribution >= 4 is 0 Å². The number of hydrogen-bond acceptors (Lipinski definition) is 3. The van der Waals surface area contributed by atoms with Crippen molar-refractivity contribution in [2.45, 2.75) is 48.5 Å². The summed E-state index contributed by atoms with van der Waals surface area (Å²) in [7, 11) is 0. The summed E-state index contributed by atoms with van der Waals surface area (Å²) in [4.78, 5) is 0.